The predicted molar refractivity (Wildman–Crippen MR) is 68.9 cm³/mol. The first-order chi connectivity index (χ1) is 9.71. The summed E-state index contributed by atoms with van der Waals surface area (Å²) in [5.74, 6) is -3.34. The van der Waals surface area contributed by atoms with Crippen molar-refractivity contribution >= 4 is 21.7 Å². The zero-order valence-electron chi connectivity index (χ0n) is 10.1. The summed E-state index contributed by atoms with van der Waals surface area (Å²) in [5, 5.41) is 0. The van der Waals surface area contributed by atoms with Crippen LogP contribution in [-0.4, -0.2) is 5.78 Å². The third kappa shape index (κ3) is 3.12. The van der Waals surface area contributed by atoms with Crippen molar-refractivity contribution in [2.45, 2.75) is 6.18 Å². The van der Waals surface area contributed by atoms with E-state index in [0.29, 0.717) is 12.1 Å². The molecule has 0 heterocycles. The van der Waals surface area contributed by atoms with E-state index in [1.807, 2.05) is 0 Å². The van der Waals surface area contributed by atoms with Gasteiger partial charge < -0.3 is 0 Å². The van der Waals surface area contributed by atoms with E-state index in [0.717, 1.165) is 12.1 Å². The molecule has 0 aliphatic rings. The molecule has 110 valence electrons. The van der Waals surface area contributed by atoms with Crippen LogP contribution in [0.4, 0.5) is 22.0 Å². The molecular formula is C14H6BrF5O. The van der Waals surface area contributed by atoms with Gasteiger partial charge in [0.25, 0.3) is 0 Å². The maximum Gasteiger partial charge on any atom is 0.419 e. The summed E-state index contributed by atoms with van der Waals surface area (Å²) in [5.41, 5.74) is -2.21. The van der Waals surface area contributed by atoms with Crippen LogP contribution in [0.2, 0.25) is 0 Å². The Bertz CT molecular complexity index is 689. The molecule has 0 amide bonds. The molecule has 0 saturated heterocycles. The Balaban J connectivity index is 2.49. The molecule has 0 aliphatic heterocycles. The highest BCUT2D eigenvalue weighted by atomic mass is 79.9. The van der Waals surface area contributed by atoms with E-state index in [4.69, 9.17) is 0 Å². The van der Waals surface area contributed by atoms with Crippen molar-refractivity contribution in [3.05, 3.63) is 69.2 Å². The largest absolute Gasteiger partial charge is 0.419 e. The minimum Gasteiger partial charge on any atom is -0.288 e. The fraction of sp³-hybridized carbons (Fsp3) is 0.0714. The van der Waals surface area contributed by atoms with Crippen molar-refractivity contribution in [2.75, 3.05) is 0 Å². The number of rotatable bonds is 2. The van der Waals surface area contributed by atoms with Gasteiger partial charge in [0.05, 0.1) is 11.1 Å². The van der Waals surface area contributed by atoms with Gasteiger partial charge in [-0.05, 0) is 40.2 Å². The Morgan fingerprint density at radius 2 is 1.67 bits per heavy atom. The lowest BCUT2D eigenvalue weighted by molar-refractivity contribution is -0.140. The normalized spacial score (nSPS) is 11.5. The Labute approximate surface area is 124 Å². The molecule has 0 spiro atoms. The lowest BCUT2D eigenvalue weighted by Crippen LogP contribution is -2.11. The van der Waals surface area contributed by atoms with Crippen molar-refractivity contribution < 1.29 is 26.7 Å². The Morgan fingerprint density at radius 1 is 1.00 bits per heavy atom. The van der Waals surface area contributed by atoms with Crippen LogP contribution in [-0.2, 0) is 6.18 Å². The molecule has 0 aliphatic carbocycles. The molecule has 0 aromatic heterocycles. The molecule has 0 atom stereocenters. The number of hydrogen-bond donors (Lipinski definition) is 0. The molecule has 2 rings (SSSR count). The molecular weight excluding hydrogens is 359 g/mol. The molecule has 7 heteroatoms. The summed E-state index contributed by atoms with van der Waals surface area (Å²) < 4.78 is 64.5. The highest BCUT2D eigenvalue weighted by Gasteiger charge is 2.34. The van der Waals surface area contributed by atoms with Crippen LogP contribution in [0.15, 0.2) is 40.9 Å². The van der Waals surface area contributed by atoms with Crippen LogP contribution in [0.3, 0.4) is 0 Å². The van der Waals surface area contributed by atoms with Gasteiger partial charge in [0.2, 0.25) is 0 Å². The van der Waals surface area contributed by atoms with Crippen LogP contribution in [0.1, 0.15) is 21.5 Å². The number of benzene rings is 2. The van der Waals surface area contributed by atoms with E-state index >= 15 is 0 Å². The van der Waals surface area contributed by atoms with Gasteiger partial charge in [-0.25, -0.2) is 8.78 Å². The van der Waals surface area contributed by atoms with Crippen molar-refractivity contribution in [3.63, 3.8) is 0 Å². The van der Waals surface area contributed by atoms with Crippen molar-refractivity contribution in [2.24, 2.45) is 0 Å². The number of halogens is 6. The highest BCUT2D eigenvalue weighted by molar-refractivity contribution is 9.10. The molecule has 21 heavy (non-hydrogen) atoms. The minimum absolute atomic E-state index is 0.132. The van der Waals surface area contributed by atoms with Gasteiger partial charge in [0.15, 0.2) is 5.78 Å². The maximum absolute atomic E-state index is 13.6. The molecule has 0 radical (unpaired) electrons. The summed E-state index contributed by atoms with van der Waals surface area (Å²) in [7, 11) is 0. The lowest BCUT2D eigenvalue weighted by Gasteiger charge is -2.10. The summed E-state index contributed by atoms with van der Waals surface area (Å²) in [6.07, 6.45) is -4.86. The molecule has 0 N–H and O–H groups in total. The standard InChI is InChI=1S/C14H6BrF5O/c15-9-2-1-3-10(16)12(9)13(21)7-4-5-8(11(17)6-7)14(18,19)20/h1-6H. The van der Waals surface area contributed by atoms with Gasteiger partial charge >= 0.3 is 6.18 Å². The third-order valence-electron chi connectivity index (χ3n) is 2.73. The van der Waals surface area contributed by atoms with Crippen LogP contribution in [0.5, 0.6) is 0 Å². The summed E-state index contributed by atoms with van der Waals surface area (Å²) in [4.78, 5) is 12.1. The molecule has 0 saturated carbocycles. The molecule has 2 aromatic carbocycles. The fourth-order valence-corrected chi connectivity index (χ4v) is 2.27. The second kappa shape index (κ2) is 5.55. The minimum atomic E-state index is -4.86. The number of ketones is 1. The zero-order chi connectivity index (χ0) is 15.8. The van der Waals surface area contributed by atoms with E-state index in [9.17, 15) is 26.7 Å². The maximum atomic E-state index is 13.6. The van der Waals surface area contributed by atoms with E-state index in [1.165, 1.54) is 12.1 Å². The molecule has 0 bridgehead atoms. The zero-order valence-corrected chi connectivity index (χ0v) is 11.7. The van der Waals surface area contributed by atoms with Gasteiger partial charge in [0, 0.05) is 10.0 Å². The highest BCUT2D eigenvalue weighted by Crippen LogP contribution is 2.32. The van der Waals surface area contributed by atoms with E-state index in [1.54, 1.807) is 0 Å². The van der Waals surface area contributed by atoms with Gasteiger partial charge in [-0.15, -0.1) is 0 Å². The van der Waals surface area contributed by atoms with Gasteiger partial charge in [-0.1, -0.05) is 12.1 Å². The summed E-state index contributed by atoms with van der Waals surface area (Å²) >= 11 is 2.98. The Morgan fingerprint density at radius 3 is 2.19 bits per heavy atom. The average Bonchev–Trinajstić information content (AvgIpc) is 2.36. The fourth-order valence-electron chi connectivity index (χ4n) is 1.75. The topological polar surface area (TPSA) is 17.1 Å². The van der Waals surface area contributed by atoms with E-state index in [2.05, 4.69) is 15.9 Å². The number of alkyl halides is 3. The number of carbonyl (C=O) groups excluding carboxylic acids is 1. The second-order valence-corrected chi connectivity index (χ2v) is 4.97. The van der Waals surface area contributed by atoms with E-state index < -0.39 is 29.2 Å². The van der Waals surface area contributed by atoms with Gasteiger partial charge in [-0.2, -0.15) is 13.2 Å². The first-order valence-electron chi connectivity index (χ1n) is 5.57. The molecule has 0 fully saturated rings. The van der Waals surface area contributed by atoms with E-state index in [-0.39, 0.29) is 15.6 Å². The Hall–Kier alpha value is -1.76. The first-order valence-corrected chi connectivity index (χ1v) is 6.36. The smallest absolute Gasteiger partial charge is 0.288 e. The van der Waals surface area contributed by atoms with Crippen LogP contribution in [0.25, 0.3) is 0 Å². The summed E-state index contributed by atoms with van der Waals surface area (Å²) in [6, 6.07) is 5.49. The second-order valence-electron chi connectivity index (χ2n) is 4.12. The van der Waals surface area contributed by atoms with Crippen LogP contribution >= 0.6 is 15.9 Å². The lowest BCUT2D eigenvalue weighted by atomic mass is 10.0. The van der Waals surface area contributed by atoms with Crippen LogP contribution < -0.4 is 0 Å². The SMILES string of the molecule is O=C(c1ccc(C(F)(F)F)c(F)c1)c1c(F)cccc1Br. The quantitative estimate of drug-likeness (QED) is 0.542. The monoisotopic (exact) mass is 364 g/mol. The number of hydrogen-bond acceptors (Lipinski definition) is 1. The summed E-state index contributed by atoms with van der Waals surface area (Å²) in [6.45, 7) is 0. The molecule has 2 aromatic rings. The van der Waals surface area contributed by atoms with Crippen molar-refractivity contribution in [3.8, 4) is 0 Å². The number of carbonyl (C=O) groups is 1. The average molecular weight is 365 g/mol. The van der Waals surface area contributed by atoms with Crippen molar-refractivity contribution in [1.82, 2.24) is 0 Å². The predicted octanol–water partition coefficient (Wildman–Crippen LogP) is 4.98. The third-order valence-corrected chi connectivity index (χ3v) is 3.39. The van der Waals surface area contributed by atoms with Gasteiger partial charge in [0.1, 0.15) is 11.6 Å². The molecule has 1 nitrogen and oxygen atoms in total. The molecule has 0 unspecified atom stereocenters. The first kappa shape index (κ1) is 15.6. The van der Waals surface area contributed by atoms with Crippen LogP contribution in [0, 0.1) is 11.6 Å². The van der Waals surface area contributed by atoms with Crippen molar-refractivity contribution in [1.29, 1.82) is 0 Å². The Kier molecular flexibility index (Phi) is 4.13. The van der Waals surface area contributed by atoms with Gasteiger partial charge in [-0.3, -0.25) is 4.79 Å².